The lowest BCUT2D eigenvalue weighted by Crippen LogP contribution is -2.34. The number of ketones is 1. The largest absolute Gasteiger partial charge is 0.329 e. The summed E-state index contributed by atoms with van der Waals surface area (Å²) in [5.74, 6) is -0.882. The molecule has 0 spiro atoms. The summed E-state index contributed by atoms with van der Waals surface area (Å²) in [6.45, 7) is 2.76. The average Bonchev–Trinajstić information content (AvgIpc) is 2.54. The Labute approximate surface area is 94.0 Å². The topological polar surface area (TPSA) is 63.4 Å². The van der Waals surface area contributed by atoms with Crippen molar-refractivity contribution in [3.63, 3.8) is 0 Å². The van der Waals surface area contributed by atoms with Crippen LogP contribution in [0, 0.1) is 0 Å². The molecule has 0 saturated heterocycles. The highest BCUT2D eigenvalue weighted by Gasteiger charge is 2.35. The van der Waals surface area contributed by atoms with E-state index in [4.69, 9.17) is 5.73 Å². The van der Waals surface area contributed by atoms with Gasteiger partial charge in [0.2, 0.25) is 0 Å². The van der Waals surface area contributed by atoms with Gasteiger partial charge in [-0.1, -0.05) is 13.0 Å². The number of nitrogens with two attached hydrogens (primary N) is 1. The van der Waals surface area contributed by atoms with Crippen molar-refractivity contribution in [2.75, 3.05) is 18.0 Å². The summed E-state index contributed by atoms with van der Waals surface area (Å²) >= 11 is 0. The molecular formula is C12H14N2O2. The van der Waals surface area contributed by atoms with Crippen molar-refractivity contribution in [1.82, 2.24) is 0 Å². The highest BCUT2D eigenvalue weighted by molar-refractivity contribution is 6.52. The molecule has 84 valence electrons. The molecule has 0 saturated carbocycles. The Morgan fingerprint density at radius 1 is 1.31 bits per heavy atom. The van der Waals surface area contributed by atoms with Gasteiger partial charge in [-0.2, -0.15) is 0 Å². The van der Waals surface area contributed by atoms with Crippen molar-refractivity contribution < 1.29 is 9.59 Å². The van der Waals surface area contributed by atoms with Crippen molar-refractivity contribution in [2.24, 2.45) is 5.73 Å². The lowest BCUT2D eigenvalue weighted by atomic mass is 10.1. The van der Waals surface area contributed by atoms with Crippen LogP contribution in [-0.2, 0) is 11.2 Å². The fourth-order valence-corrected chi connectivity index (χ4v) is 1.92. The van der Waals surface area contributed by atoms with Gasteiger partial charge in [0.1, 0.15) is 0 Å². The number of benzene rings is 1. The molecule has 1 aliphatic rings. The predicted octanol–water partition coefficient (Wildman–Crippen LogP) is 0.737. The number of hydrogen-bond donors (Lipinski definition) is 1. The molecule has 0 radical (unpaired) electrons. The van der Waals surface area contributed by atoms with Gasteiger partial charge >= 0.3 is 0 Å². The van der Waals surface area contributed by atoms with E-state index in [9.17, 15) is 9.59 Å². The number of rotatable bonds is 3. The second-order valence-electron chi connectivity index (χ2n) is 3.78. The maximum atomic E-state index is 11.7. The van der Waals surface area contributed by atoms with Crippen LogP contribution in [-0.4, -0.2) is 24.8 Å². The first-order valence-corrected chi connectivity index (χ1v) is 5.38. The minimum atomic E-state index is -0.464. The summed E-state index contributed by atoms with van der Waals surface area (Å²) < 4.78 is 0. The van der Waals surface area contributed by atoms with Crippen LogP contribution in [0.25, 0.3) is 0 Å². The molecule has 4 nitrogen and oxygen atoms in total. The van der Waals surface area contributed by atoms with Crippen molar-refractivity contribution in [1.29, 1.82) is 0 Å². The van der Waals surface area contributed by atoms with Gasteiger partial charge in [-0.15, -0.1) is 0 Å². The monoisotopic (exact) mass is 218 g/mol. The molecule has 0 atom stereocenters. The molecule has 1 heterocycles. The Morgan fingerprint density at radius 3 is 2.69 bits per heavy atom. The number of hydrogen-bond acceptors (Lipinski definition) is 3. The second kappa shape index (κ2) is 4.06. The predicted molar refractivity (Wildman–Crippen MR) is 61.6 cm³/mol. The second-order valence-corrected chi connectivity index (χ2v) is 3.78. The molecule has 1 aliphatic heterocycles. The van der Waals surface area contributed by atoms with E-state index in [-0.39, 0.29) is 0 Å². The average molecular weight is 218 g/mol. The first-order chi connectivity index (χ1) is 7.69. The fourth-order valence-electron chi connectivity index (χ4n) is 1.92. The van der Waals surface area contributed by atoms with E-state index in [1.807, 2.05) is 19.1 Å². The molecular weight excluding hydrogens is 204 g/mol. The van der Waals surface area contributed by atoms with Gasteiger partial charge in [-0.25, -0.2) is 0 Å². The van der Waals surface area contributed by atoms with E-state index in [1.165, 1.54) is 4.90 Å². The molecule has 16 heavy (non-hydrogen) atoms. The van der Waals surface area contributed by atoms with Crippen LogP contribution in [0.5, 0.6) is 0 Å². The molecule has 1 amide bonds. The van der Waals surface area contributed by atoms with Gasteiger partial charge in [0.25, 0.3) is 11.7 Å². The standard InChI is InChI=1S/C12H14N2O2/c1-2-8-3-4-10-9(7-8)11(15)12(16)14(10)6-5-13/h3-4,7H,2,5-6,13H2,1H3. The maximum Gasteiger partial charge on any atom is 0.299 e. The van der Waals surface area contributed by atoms with E-state index in [0.29, 0.717) is 24.3 Å². The number of aryl methyl sites for hydroxylation is 1. The maximum absolute atomic E-state index is 11.7. The van der Waals surface area contributed by atoms with Gasteiger partial charge < -0.3 is 10.6 Å². The Balaban J connectivity index is 2.47. The van der Waals surface area contributed by atoms with Crippen molar-refractivity contribution in [3.05, 3.63) is 29.3 Å². The molecule has 0 aromatic heterocycles. The van der Waals surface area contributed by atoms with Crippen molar-refractivity contribution >= 4 is 17.4 Å². The summed E-state index contributed by atoms with van der Waals surface area (Å²) in [7, 11) is 0. The normalized spacial score (nSPS) is 14.5. The zero-order valence-electron chi connectivity index (χ0n) is 9.19. The van der Waals surface area contributed by atoms with E-state index in [0.717, 1.165) is 12.0 Å². The third-order valence-corrected chi connectivity index (χ3v) is 2.80. The van der Waals surface area contributed by atoms with E-state index < -0.39 is 11.7 Å². The lowest BCUT2D eigenvalue weighted by molar-refractivity contribution is -0.114. The number of nitrogens with zero attached hydrogens (tertiary/aromatic N) is 1. The molecule has 0 bridgehead atoms. The number of anilines is 1. The summed E-state index contributed by atoms with van der Waals surface area (Å²) in [6.07, 6.45) is 0.853. The molecule has 0 aliphatic carbocycles. The zero-order chi connectivity index (χ0) is 11.7. The smallest absolute Gasteiger partial charge is 0.299 e. The van der Waals surface area contributed by atoms with Gasteiger partial charge in [0.05, 0.1) is 11.3 Å². The van der Waals surface area contributed by atoms with Gasteiger partial charge in [-0.3, -0.25) is 9.59 Å². The van der Waals surface area contributed by atoms with Crippen LogP contribution < -0.4 is 10.6 Å². The van der Waals surface area contributed by atoms with Crippen LogP contribution >= 0.6 is 0 Å². The summed E-state index contributed by atoms with van der Waals surface area (Å²) in [6, 6.07) is 5.56. The highest BCUT2D eigenvalue weighted by Crippen LogP contribution is 2.29. The van der Waals surface area contributed by atoms with Gasteiger partial charge in [0.15, 0.2) is 0 Å². The van der Waals surface area contributed by atoms with Crippen LogP contribution in [0.15, 0.2) is 18.2 Å². The van der Waals surface area contributed by atoms with E-state index >= 15 is 0 Å². The summed E-state index contributed by atoms with van der Waals surface area (Å²) in [5, 5.41) is 0. The molecule has 1 aromatic rings. The Hall–Kier alpha value is -1.68. The van der Waals surface area contributed by atoms with Crippen LogP contribution in [0.1, 0.15) is 22.8 Å². The van der Waals surface area contributed by atoms with E-state index in [1.54, 1.807) is 6.07 Å². The molecule has 0 fully saturated rings. The zero-order valence-corrected chi connectivity index (χ0v) is 9.19. The fraction of sp³-hybridized carbons (Fsp3) is 0.333. The highest BCUT2D eigenvalue weighted by atomic mass is 16.2. The molecule has 1 aromatic carbocycles. The number of carbonyl (C=O) groups excluding carboxylic acids is 2. The molecule has 2 N–H and O–H groups in total. The number of amides is 1. The van der Waals surface area contributed by atoms with Crippen molar-refractivity contribution in [2.45, 2.75) is 13.3 Å². The van der Waals surface area contributed by atoms with Gasteiger partial charge in [0, 0.05) is 13.1 Å². The third-order valence-electron chi connectivity index (χ3n) is 2.80. The Bertz CT molecular complexity index is 454. The molecule has 0 unspecified atom stereocenters. The first kappa shape index (κ1) is 10.8. The molecule has 2 rings (SSSR count). The van der Waals surface area contributed by atoms with Crippen LogP contribution in [0.3, 0.4) is 0 Å². The quantitative estimate of drug-likeness (QED) is 0.761. The summed E-state index contributed by atoms with van der Waals surface area (Å²) in [5.41, 5.74) is 7.69. The minimum Gasteiger partial charge on any atom is -0.329 e. The Morgan fingerprint density at radius 2 is 2.06 bits per heavy atom. The van der Waals surface area contributed by atoms with Gasteiger partial charge in [-0.05, 0) is 24.1 Å². The van der Waals surface area contributed by atoms with Crippen LogP contribution in [0.4, 0.5) is 5.69 Å². The number of carbonyl (C=O) groups is 2. The Kier molecular flexibility index (Phi) is 2.75. The SMILES string of the molecule is CCc1ccc2c(c1)C(=O)C(=O)N2CCN. The number of Topliss-reactive ketones (excluding diaryl/α,β-unsaturated/α-hetero) is 1. The van der Waals surface area contributed by atoms with Crippen molar-refractivity contribution in [3.8, 4) is 0 Å². The van der Waals surface area contributed by atoms with E-state index in [2.05, 4.69) is 0 Å². The first-order valence-electron chi connectivity index (χ1n) is 5.38. The third kappa shape index (κ3) is 1.51. The molecule has 4 heteroatoms. The number of fused-ring (bicyclic) bond motifs is 1. The summed E-state index contributed by atoms with van der Waals surface area (Å²) in [4.78, 5) is 24.8. The van der Waals surface area contributed by atoms with Crippen LogP contribution in [0.2, 0.25) is 0 Å². The lowest BCUT2D eigenvalue weighted by Gasteiger charge is -2.14. The minimum absolute atomic E-state index is 0.355.